The van der Waals surface area contributed by atoms with Crippen LogP contribution < -0.4 is 0 Å². The lowest BCUT2D eigenvalue weighted by Crippen LogP contribution is -1.91. The smallest absolute Gasteiger partial charge is 0.210 e. The van der Waals surface area contributed by atoms with Gasteiger partial charge in [0.15, 0.2) is 0 Å². The molecule has 70 valence electrons. The van der Waals surface area contributed by atoms with Crippen LogP contribution in [0.4, 0.5) is 0 Å². The van der Waals surface area contributed by atoms with E-state index in [-0.39, 0.29) is 4.21 Å². The van der Waals surface area contributed by atoms with Gasteiger partial charge in [-0.1, -0.05) is 4.40 Å². The van der Waals surface area contributed by atoms with E-state index >= 15 is 0 Å². The first kappa shape index (κ1) is 10.6. The molecule has 0 N–H and O–H groups in total. The molecule has 0 radical (unpaired) electrons. The molecule has 0 aliphatic carbocycles. The molecule has 0 bridgehead atoms. The van der Waals surface area contributed by atoms with Gasteiger partial charge in [0.05, 0.1) is 3.79 Å². The van der Waals surface area contributed by atoms with Gasteiger partial charge in [-0.25, -0.2) is 4.79 Å². The van der Waals surface area contributed by atoms with E-state index in [1.807, 2.05) is 0 Å². The van der Waals surface area contributed by atoms with E-state index in [2.05, 4.69) is 20.3 Å². The Hall–Kier alpha value is -0.490. The number of sulfonamides is 1. The number of carbonyl (C=O) groups excluding carboxylic acids is 1. The lowest BCUT2D eigenvalue weighted by molar-refractivity contribution is 0.564. The highest BCUT2D eigenvalue weighted by Crippen LogP contribution is 2.31. The van der Waals surface area contributed by atoms with Crippen molar-refractivity contribution in [3.05, 3.63) is 15.4 Å². The number of hydrogen-bond donors (Lipinski definition) is 0. The normalized spacial score (nSPS) is 10.9. The Labute approximate surface area is 87.5 Å². The minimum Gasteiger partial charge on any atom is -0.210 e. The van der Waals surface area contributed by atoms with Crippen LogP contribution in [0.25, 0.3) is 0 Å². The highest BCUT2D eigenvalue weighted by Gasteiger charge is 2.16. The Bertz CT molecular complexity index is 451. The van der Waals surface area contributed by atoms with Crippen molar-refractivity contribution < 1.29 is 13.2 Å². The fourth-order valence-corrected chi connectivity index (χ4v) is 3.54. The van der Waals surface area contributed by atoms with Crippen molar-refractivity contribution in [2.24, 2.45) is 4.40 Å². The zero-order chi connectivity index (χ0) is 10.1. The molecule has 1 heterocycles. The average Bonchev–Trinajstić information content (AvgIpc) is 2.33. The number of isocyanates is 1. The van der Waals surface area contributed by atoms with Crippen LogP contribution in [0.5, 0.6) is 0 Å². The highest BCUT2D eigenvalue weighted by molar-refractivity contribution is 9.11. The summed E-state index contributed by atoms with van der Waals surface area (Å²) in [6, 6.07) is 1.45. The van der Waals surface area contributed by atoms with Gasteiger partial charge in [0.25, 0.3) is 6.08 Å². The van der Waals surface area contributed by atoms with Crippen molar-refractivity contribution in [3.63, 3.8) is 0 Å². The van der Waals surface area contributed by atoms with Crippen LogP contribution in [-0.2, 0) is 14.8 Å². The van der Waals surface area contributed by atoms with Gasteiger partial charge in [0, 0.05) is 0 Å². The largest absolute Gasteiger partial charge is 0.302 e. The fourth-order valence-electron chi connectivity index (χ4n) is 0.653. The lowest BCUT2D eigenvalue weighted by atomic mass is 10.4. The second-order valence-corrected chi connectivity index (χ2v) is 6.38. The van der Waals surface area contributed by atoms with Crippen LogP contribution in [0.15, 0.2) is 18.5 Å². The summed E-state index contributed by atoms with van der Waals surface area (Å²) < 4.78 is 25.8. The van der Waals surface area contributed by atoms with Gasteiger partial charge in [-0.15, -0.1) is 11.3 Å². The minimum atomic E-state index is -3.82. The van der Waals surface area contributed by atoms with Crippen molar-refractivity contribution in [3.8, 4) is 0 Å². The van der Waals surface area contributed by atoms with E-state index in [1.165, 1.54) is 6.07 Å². The van der Waals surface area contributed by atoms with Crippen LogP contribution in [0.1, 0.15) is 5.56 Å². The molecule has 0 unspecified atom stereocenters. The predicted octanol–water partition coefficient (Wildman–Crippen LogP) is 1.84. The number of hydrogen-bond acceptors (Lipinski definition) is 4. The molecule has 0 saturated heterocycles. The third-order valence-electron chi connectivity index (χ3n) is 1.25. The Kier molecular flexibility index (Phi) is 3.02. The van der Waals surface area contributed by atoms with Gasteiger partial charge in [-0.3, -0.25) is 0 Å². The summed E-state index contributed by atoms with van der Waals surface area (Å²) in [4.78, 5) is 9.81. The number of rotatable bonds is 2. The van der Waals surface area contributed by atoms with Gasteiger partial charge in [-0.2, -0.15) is 8.42 Å². The fraction of sp³-hybridized carbons (Fsp3) is 0.167. The Morgan fingerprint density at radius 2 is 2.23 bits per heavy atom. The standard InChI is InChI=1S/C6H4BrNO3S2/c1-4-2-5(12-6(4)7)13(10,11)8-3-9/h2H,1H3. The average molecular weight is 282 g/mol. The van der Waals surface area contributed by atoms with Crippen molar-refractivity contribution in [2.45, 2.75) is 11.1 Å². The predicted molar refractivity (Wildman–Crippen MR) is 52.1 cm³/mol. The van der Waals surface area contributed by atoms with Crippen LogP contribution in [0.2, 0.25) is 0 Å². The maximum absolute atomic E-state index is 11.2. The molecule has 13 heavy (non-hydrogen) atoms. The first-order valence-corrected chi connectivity index (χ1v) is 6.12. The summed E-state index contributed by atoms with van der Waals surface area (Å²) in [5.41, 5.74) is 0.796. The summed E-state index contributed by atoms with van der Waals surface area (Å²) in [5.74, 6) is 0. The van der Waals surface area contributed by atoms with Crippen LogP contribution >= 0.6 is 27.3 Å². The van der Waals surface area contributed by atoms with Crippen molar-refractivity contribution in [2.75, 3.05) is 0 Å². The molecular formula is C6H4BrNO3S2. The first-order valence-electron chi connectivity index (χ1n) is 3.07. The Balaban J connectivity index is 3.31. The number of halogens is 1. The van der Waals surface area contributed by atoms with Crippen LogP contribution in [0, 0.1) is 6.92 Å². The Morgan fingerprint density at radius 3 is 2.62 bits per heavy atom. The molecule has 0 amide bonds. The number of nitrogens with zero attached hydrogens (tertiary/aromatic N) is 1. The SMILES string of the molecule is Cc1cc(S(=O)(=O)N=C=O)sc1Br. The van der Waals surface area contributed by atoms with Crippen LogP contribution in [-0.4, -0.2) is 14.5 Å². The molecule has 0 atom stereocenters. The molecule has 1 aromatic heterocycles. The molecule has 4 nitrogen and oxygen atoms in total. The molecule has 0 saturated carbocycles. The lowest BCUT2D eigenvalue weighted by Gasteiger charge is -1.86. The quantitative estimate of drug-likeness (QED) is 0.614. The second kappa shape index (κ2) is 3.71. The summed E-state index contributed by atoms with van der Waals surface area (Å²) >= 11 is 4.19. The second-order valence-electron chi connectivity index (χ2n) is 2.18. The van der Waals surface area contributed by atoms with E-state index in [0.29, 0.717) is 3.79 Å². The third-order valence-corrected chi connectivity index (χ3v) is 5.00. The van der Waals surface area contributed by atoms with Crippen LogP contribution in [0.3, 0.4) is 0 Å². The monoisotopic (exact) mass is 281 g/mol. The Morgan fingerprint density at radius 1 is 1.62 bits per heavy atom. The van der Waals surface area contributed by atoms with E-state index < -0.39 is 10.0 Å². The van der Waals surface area contributed by atoms with E-state index in [0.717, 1.165) is 23.0 Å². The number of aryl methyl sites for hydroxylation is 1. The molecule has 1 rings (SSSR count). The third kappa shape index (κ3) is 2.25. The van der Waals surface area contributed by atoms with Crippen molar-refractivity contribution in [1.29, 1.82) is 0 Å². The first-order chi connectivity index (χ1) is 5.97. The highest BCUT2D eigenvalue weighted by atomic mass is 79.9. The number of thiophene rings is 1. The van der Waals surface area contributed by atoms with Crippen molar-refractivity contribution >= 4 is 43.4 Å². The topological polar surface area (TPSA) is 63.6 Å². The van der Waals surface area contributed by atoms with Gasteiger partial charge in [0.2, 0.25) is 0 Å². The zero-order valence-electron chi connectivity index (χ0n) is 6.44. The van der Waals surface area contributed by atoms with E-state index in [9.17, 15) is 13.2 Å². The maximum atomic E-state index is 11.2. The van der Waals surface area contributed by atoms with Gasteiger partial charge in [-0.05, 0) is 34.5 Å². The molecule has 7 heteroatoms. The zero-order valence-corrected chi connectivity index (χ0v) is 9.66. The maximum Gasteiger partial charge on any atom is 0.302 e. The molecule has 1 aromatic rings. The molecular weight excluding hydrogens is 278 g/mol. The molecule has 0 aromatic carbocycles. The van der Waals surface area contributed by atoms with Gasteiger partial charge >= 0.3 is 10.0 Å². The van der Waals surface area contributed by atoms with E-state index in [4.69, 9.17) is 0 Å². The van der Waals surface area contributed by atoms with Gasteiger partial charge < -0.3 is 0 Å². The summed E-state index contributed by atoms with van der Waals surface area (Å²) in [6.07, 6.45) is 1.01. The minimum absolute atomic E-state index is 0.0419. The summed E-state index contributed by atoms with van der Waals surface area (Å²) in [5, 5.41) is 0. The molecule has 0 spiro atoms. The summed E-state index contributed by atoms with van der Waals surface area (Å²) in [7, 11) is -3.82. The van der Waals surface area contributed by atoms with E-state index in [1.54, 1.807) is 6.92 Å². The molecule has 0 fully saturated rings. The molecule has 0 aliphatic rings. The van der Waals surface area contributed by atoms with Gasteiger partial charge in [0.1, 0.15) is 4.21 Å². The van der Waals surface area contributed by atoms with Crippen molar-refractivity contribution in [1.82, 2.24) is 0 Å². The molecule has 0 aliphatic heterocycles. The summed E-state index contributed by atoms with van der Waals surface area (Å²) in [6.45, 7) is 1.75.